The third-order valence-electron chi connectivity index (χ3n) is 1.88. The van der Waals surface area contributed by atoms with Crippen LogP contribution in [0, 0.1) is 5.82 Å². The first-order chi connectivity index (χ1) is 7.73. The second-order valence-corrected chi connectivity index (χ2v) is 5.94. The van der Waals surface area contributed by atoms with E-state index in [1.165, 1.54) is 19.2 Å². The Balaban J connectivity index is 3.22. The Morgan fingerprint density at radius 1 is 1.47 bits per heavy atom. The molecule has 0 aliphatic rings. The van der Waals surface area contributed by atoms with E-state index >= 15 is 0 Å². The van der Waals surface area contributed by atoms with Crippen molar-refractivity contribution in [2.45, 2.75) is 0 Å². The maximum absolute atomic E-state index is 13.4. The average molecular weight is 299 g/mol. The lowest BCUT2D eigenvalue weighted by Gasteiger charge is -2.11. The number of hydrazone groups is 1. The molecule has 0 aromatic heterocycles. The standard InChI is InChI=1S/C9H9Cl2FN2O2S/c1-14(17(2,15)16)13-9(11)8-6(10)4-3-5-7(8)12/h3-5H,1-2H3. The predicted molar refractivity (Wildman–Crippen MR) is 66.4 cm³/mol. The molecule has 1 aromatic carbocycles. The summed E-state index contributed by atoms with van der Waals surface area (Å²) in [5.74, 6) is -0.673. The van der Waals surface area contributed by atoms with E-state index in [1.54, 1.807) is 0 Å². The van der Waals surface area contributed by atoms with Crippen molar-refractivity contribution < 1.29 is 12.8 Å². The minimum absolute atomic E-state index is 0.0562. The molecule has 17 heavy (non-hydrogen) atoms. The number of rotatable bonds is 3. The lowest BCUT2D eigenvalue weighted by molar-refractivity contribution is 0.496. The zero-order valence-corrected chi connectivity index (χ0v) is 11.3. The topological polar surface area (TPSA) is 49.7 Å². The van der Waals surface area contributed by atoms with E-state index in [-0.39, 0.29) is 15.8 Å². The highest BCUT2D eigenvalue weighted by molar-refractivity contribution is 7.88. The van der Waals surface area contributed by atoms with Gasteiger partial charge in [0.1, 0.15) is 5.82 Å². The highest BCUT2D eigenvalue weighted by Crippen LogP contribution is 2.21. The first kappa shape index (κ1) is 14.2. The maximum Gasteiger partial charge on any atom is 0.246 e. The van der Waals surface area contributed by atoms with Crippen molar-refractivity contribution in [2.75, 3.05) is 13.3 Å². The van der Waals surface area contributed by atoms with Crippen LogP contribution in [0.1, 0.15) is 5.56 Å². The summed E-state index contributed by atoms with van der Waals surface area (Å²) in [6, 6.07) is 3.99. The number of benzene rings is 1. The van der Waals surface area contributed by atoms with Crippen molar-refractivity contribution in [1.29, 1.82) is 0 Å². The molecule has 0 N–H and O–H groups in total. The molecular weight excluding hydrogens is 290 g/mol. The summed E-state index contributed by atoms with van der Waals surface area (Å²) in [5, 5.41) is 3.27. The van der Waals surface area contributed by atoms with Crippen LogP contribution >= 0.6 is 23.2 Å². The second-order valence-electron chi connectivity index (χ2n) is 3.18. The van der Waals surface area contributed by atoms with Gasteiger partial charge in [0.2, 0.25) is 10.0 Å². The Kier molecular flexibility index (Phi) is 4.35. The monoisotopic (exact) mass is 298 g/mol. The normalized spacial score (nSPS) is 12.6. The molecule has 1 aromatic rings. The van der Waals surface area contributed by atoms with E-state index in [4.69, 9.17) is 23.2 Å². The highest BCUT2D eigenvalue weighted by Gasteiger charge is 2.15. The van der Waals surface area contributed by atoms with Gasteiger partial charge in [0.15, 0.2) is 5.17 Å². The van der Waals surface area contributed by atoms with Crippen LogP contribution in [0.5, 0.6) is 0 Å². The fraction of sp³-hybridized carbons (Fsp3) is 0.222. The molecule has 0 spiro atoms. The quantitative estimate of drug-likeness (QED) is 0.635. The van der Waals surface area contributed by atoms with Crippen LogP contribution in [0.15, 0.2) is 23.3 Å². The third-order valence-corrected chi connectivity index (χ3v) is 3.50. The van der Waals surface area contributed by atoms with Crippen molar-refractivity contribution in [3.8, 4) is 0 Å². The second kappa shape index (κ2) is 5.20. The van der Waals surface area contributed by atoms with Crippen LogP contribution in [0.25, 0.3) is 0 Å². The lowest BCUT2D eigenvalue weighted by atomic mass is 10.2. The molecule has 0 aliphatic heterocycles. The van der Waals surface area contributed by atoms with Crippen molar-refractivity contribution in [2.24, 2.45) is 5.10 Å². The number of nitrogens with zero attached hydrogens (tertiary/aromatic N) is 2. The molecule has 0 aliphatic carbocycles. The van der Waals surface area contributed by atoms with Gasteiger partial charge in [0, 0.05) is 7.05 Å². The van der Waals surface area contributed by atoms with Gasteiger partial charge < -0.3 is 0 Å². The molecule has 94 valence electrons. The van der Waals surface area contributed by atoms with E-state index in [1.807, 2.05) is 0 Å². The first-order valence-electron chi connectivity index (χ1n) is 4.36. The molecule has 4 nitrogen and oxygen atoms in total. The summed E-state index contributed by atoms with van der Waals surface area (Å²) in [6.45, 7) is 0. The highest BCUT2D eigenvalue weighted by atomic mass is 35.5. The summed E-state index contributed by atoms with van der Waals surface area (Å²) < 4.78 is 36.3. The SMILES string of the molecule is CN(N=C(Cl)c1c(F)cccc1Cl)S(C)(=O)=O. The summed E-state index contributed by atoms with van der Waals surface area (Å²) in [7, 11) is -2.35. The lowest BCUT2D eigenvalue weighted by Crippen LogP contribution is -2.21. The zero-order chi connectivity index (χ0) is 13.2. The fourth-order valence-corrected chi connectivity index (χ4v) is 1.82. The largest absolute Gasteiger partial charge is 0.246 e. The number of halogens is 3. The van der Waals surface area contributed by atoms with Gasteiger partial charge in [-0.05, 0) is 12.1 Å². The molecule has 0 saturated carbocycles. The van der Waals surface area contributed by atoms with Crippen LogP contribution in [0.2, 0.25) is 5.02 Å². The molecular formula is C9H9Cl2FN2O2S. The summed E-state index contributed by atoms with van der Waals surface area (Å²) in [5.41, 5.74) is -0.133. The molecule has 8 heteroatoms. The van der Waals surface area contributed by atoms with Crippen LogP contribution in [-0.2, 0) is 10.0 Å². The molecule has 0 bridgehead atoms. The summed E-state index contributed by atoms with van der Waals surface area (Å²) in [6.07, 6.45) is 0.948. The van der Waals surface area contributed by atoms with Crippen molar-refractivity contribution >= 4 is 38.4 Å². The minimum Gasteiger partial charge on any atom is -0.206 e. The minimum atomic E-state index is -3.54. The molecule has 0 heterocycles. The fourth-order valence-electron chi connectivity index (χ4n) is 0.943. The van der Waals surface area contributed by atoms with Crippen LogP contribution < -0.4 is 0 Å². The van der Waals surface area contributed by atoms with Gasteiger partial charge in [-0.3, -0.25) is 0 Å². The average Bonchev–Trinajstić information content (AvgIpc) is 2.15. The molecule has 0 atom stereocenters. The maximum atomic E-state index is 13.4. The van der Waals surface area contributed by atoms with Crippen LogP contribution in [0.4, 0.5) is 4.39 Å². The van der Waals surface area contributed by atoms with Crippen molar-refractivity contribution in [3.05, 3.63) is 34.6 Å². The Labute approximate surface area is 109 Å². The Bertz CT molecular complexity index is 540. The van der Waals surface area contributed by atoms with Crippen molar-refractivity contribution in [1.82, 2.24) is 4.41 Å². The number of hydrogen-bond donors (Lipinski definition) is 0. The third kappa shape index (κ3) is 3.55. The van der Waals surface area contributed by atoms with E-state index in [0.717, 1.165) is 12.3 Å². The number of hydrogen-bond acceptors (Lipinski definition) is 3. The summed E-state index contributed by atoms with van der Waals surface area (Å²) >= 11 is 11.5. The van der Waals surface area contributed by atoms with Crippen LogP contribution in [-0.4, -0.2) is 31.3 Å². The molecule has 0 radical (unpaired) electrons. The van der Waals surface area contributed by atoms with Gasteiger partial charge in [0.25, 0.3) is 0 Å². The Hall–Kier alpha value is -0.850. The van der Waals surface area contributed by atoms with Gasteiger partial charge in [-0.1, -0.05) is 29.3 Å². The van der Waals surface area contributed by atoms with Gasteiger partial charge in [-0.25, -0.2) is 12.8 Å². The molecule has 0 unspecified atom stereocenters. The Morgan fingerprint density at radius 2 is 2.06 bits per heavy atom. The van der Waals surface area contributed by atoms with E-state index in [0.29, 0.717) is 4.41 Å². The molecule has 1 rings (SSSR count). The molecule has 0 saturated heterocycles. The van der Waals surface area contributed by atoms with Crippen molar-refractivity contribution in [3.63, 3.8) is 0 Å². The van der Waals surface area contributed by atoms with E-state index in [9.17, 15) is 12.8 Å². The van der Waals surface area contributed by atoms with E-state index < -0.39 is 15.8 Å². The molecule has 0 fully saturated rings. The predicted octanol–water partition coefficient (Wildman–Crippen LogP) is 2.27. The van der Waals surface area contributed by atoms with Gasteiger partial charge in [-0.15, -0.1) is 0 Å². The van der Waals surface area contributed by atoms with Gasteiger partial charge in [-0.2, -0.15) is 9.52 Å². The smallest absolute Gasteiger partial charge is 0.206 e. The molecule has 0 amide bonds. The van der Waals surface area contributed by atoms with E-state index in [2.05, 4.69) is 5.10 Å². The van der Waals surface area contributed by atoms with Gasteiger partial charge in [0.05, 0.1) is 16.8 Å². The first-order valence-corrected chi connectivity index (χ1v) is 6.96. The van der Waals surface area contributed by atoms with Crippen LogP contribution in [0.3, 0.4) is 0 Å². The summed E-state index contributed by atoms with van der Waals surface area (Å²) in [4.78, 5) is 0. The zero-order valence-electron chi connectivity index (χ0n) is 8.99. The van der Waals surface area contributed by atoms with Gasteiger partial charge >= 0.3 is 0 Å². The Morgan fingerprint density at radius 3 is 2.53 bits per heavy atom. The number of sulfonamides is 1.